The number of halogens is 2. The van der Waals surface area contributed by atoms with Crippen LogP contribution in [0.5, 0.6) is 0 Å². The summed E-state index contributed by atoms with van der Waals surface area (Å²) in [6, 6.07) is 22.5. The van der Waals surface area contributed by atoms with Gasteiger partial charge < -0.3 is 22.7 Å². The molecule has 0 saturated heterocycles. The molecule has 0 bridgehead atoms. The molecule has 150 valence electrons. The molecular formula is C22H18BF2N3OS. The van der Waals surface area contributed by atoms with Crippen LogP contribution in [-0.2, 0) is 4.65 Å². The Morgan fingerprint density at radius 2 is 1.60 bits per heavy atom. The lowest BCUT2D eigenvalue weighted by atomic mass is 10.0. The van der Waals surface area contributed by atoms with Gasteiger partial charge in [0.25, 0.3) is 5.90 Å². The number of anilines is 1. The van der Waals surface area contributed by atoms with Gasteiger partial charge in [0, 0.05) is 24.8 Å². The maximum atomic E-state index is 15.0. The maximum absolute atomic E-state index is 15.0. The Hall–Kier alpha value is -3.26. The van der Waals surface area contributed by atoms with Crippen molar-refractivity contribution in [2.45, 2.75) is 0 Å². The van der Waals surface area contributed by atoms with E-state index in [1.54, 1.807) is 18.2 Å². The normalized spacial score (nSPS) is 14.7. The molecule has 3 aromatic carbocycles. The monoisotopic (exact) mass is 421 g/mol. The van der Waals surface area contributed by atoms with Crippen LogP contribution in [0.1, 0.15) is 5.56 Å². The van der Waals surface area contributed by atoms with Crippen molar-refractivity contribution in [3.8, 4) is 11.1 Å². The topological polar surface area (TPSA) is 28.7 Å². The zero-order chi connectivity index (χ0) is 20.9. The van der Waals surface area contributed by atoms with Gasteiger partial charge in [0.1, 0.15) is 5.52 Å². The number of hydrogen-bond acceptors (Lipinski definition) is 4. The number of hydrogen-bond donors (Lipinski definition) is 0. The Balaban J connectivity index is 1.61. The van der Waals surface area contributed by atoms with Crippen LogP contribution in [0, 0.1) is 0 Å². The van der Waals surface area contributed by atoms with E-state index in [-0.39, 0.29) is 11.0 Å². The zero-order valence-electron chi connectivity index (χ0n) is 16.4. The van der Waals surface area contributed by atoms with Gasteiger partial charge in [-0.3, -0.25) is 0 Å². The molecule has 0 aliphatic carbocycles. The molecule has 2 heterocycles. The van der Waals surface area contributed by atoms with Gasteiger partial charge in [-0.05, 0) is 58.9 Å². The van der Waals surface area contributed by atoms with Crippen molar-refractivity contribution in [3.63, 3.8) is 0 Å². The highest BCUT2D eigenvalue weighted by atomic mass is 32.1. The van der Waals surface area contributed by atoms with Crippen LogP contribution in [-0.4, -0.2) is 27.0 Å². The van der Waals surface area contributed by atoms with E-state index in [1.165, 1.54) is 11.3 Å². The fraction of sp³-hybridized carbons (Fsp3) is 0.0909. The second-order valence-corrected chi connectivity index (χ2v) is 8.35. The first kappa shape index (κ1) is 18.8. The van der Waals surface area contributed by atoms with Crippen LogP contribution in [0.15, 0.2) is 77.8 Å². The van der Waals surface area contributed by atoms with Gasteiger partial charge in [-0.25, -0.2) is 0 Å². The first-order valence-corrected chi connectivity index (χ1v) is 10.3. The van der Waals surface area contributed by atoms with Crippen LogP contribution < -0.4 is 9.38 Å². The Bertz CT molecular complexity index is 1270. The minimum Gasteiger partial charge on any atom is -0.590 e. The molecule has 0 spiro atoms. The number of nitrogens with zero attached hydrogens (tertiary/aromatic N) is 3. The molecule has 0 saturated carbocycles. The number of aromatic nitrogens is 1. The van der Waals surface area contributed by atoms with E-state index in [0.717, 1.165) is 26.0 Å². The van der Waals surface area contributed by atoms with Crippen molar-refractivity contribution in [1.29, 1.82) is 0 Å². The van der Waals surface area contributed by atoms with Gasteiger partial charge in [0.2, 0.25) is 0 Å². The second-order valence-electron chi connectivity index (χ2n) is 7.34. The maximum Gasteiger partial charge on any atom is 0.737 e. The molecule has 4 aromatic rings. The lowest BCUT2D eigenvalue weighted by molar-refractivity contribution is -0.536. The summed E-state index contributed by atoms with van der Waals surface area (Å²) in [4.78, 5) is 6.36. The predicted molar refractivity (Wildman–Crippen MR) is 119 cm³/mol. The number of thiazole rings is 1. The van der Waals surface area contributed by atoms with Crippen LogP contribution in [0.25, 0.3) is 21.3 Å². The average Bonchev–Trinajstić information content (AvgIpc) is 3.12. The summed E-state index contributed by atoms with van der Waals surface area (Å²) in [6.45, 7) is 0. The van der Waals surface area contributed by atoms with Crippen molar-refractivity contribution in [3.05, 3.63) is 78.4 Å². The Morgan fingerprint density at radius 1 is 0.900 bits per heavy atom. The second kappa shape index (κ2) is 6.92. The third kappa shape index (κ3) is 3.13. The SMILES string of the molecule is CN(C)c1ccc(C2=Nc3sc4cc(-c5ccccc5)ccc4[n+]3[B-](F)(F)O2)cc1. The summed E-state index contributed by atoms with van der Waals surface area (Å²) in [5.41, 5.74) is 3.93. The lowest BCUT2D eigenvalue weighted by Gasteiger charge is -2.26. The molecule has 0 fully saturated rings. The highest BCUT2D eigenvalue weighted by Gasteiger charge is 2.49. The standard InChI is InChI=1S/C22H18BF2N3OS/c1-27(2)18-11-8-16(9-12-18)21-26-22-28(23(24,25)29-21)19-13-10-17(14-20(19)30-22)15-6-4-3-5-7-15/h3-14H,1-2H3. The molecule has 8 heteroatoms. The van der Waals surface area contributed by atoms with Crippen molar-refractivity contribution in [1.82, 2.24) is 0 Å². The van der Waals surface area contributed by atoms with Crippen molar-refractivity contribution in [2.75, 3.05) is 19.0 Å². The van der Waals surface area contributed by atoms with E-state index in [0.29, 0.717) is 11.1 Å². The summed E-state index contributed by atoms with van der Waals surface area (Å²) < 4.78 is 36.9. The van der Waals surface area contributed by atoms with Crippen molar-refractivity contribution < 1.29 is 17.8 Å². The third-order valence-electron chi connectivity index (χ3n) is 5.12. The predicted octanol–water partition coefficient (Wildman–Crippen LogP) is 5.25. The molecule has 0 radical (unpaired) electrons. The Kier molecular flexibility index (Phi) is 4.32. The van der Waals surface area contributed by atoms with Crippen LogP contribution in [0.4, 0.5) is 19.5 Å². The zero-order valence-corrected chi connectivity index (χ0v) is 17.2. The van der Waals surface area contributed by atoms with Crippen LogP contribution in [0.3, 0.4) is 0 Å². The van der Waals surface area contributed by atoms with Crippen LogP contribution >= 0.6 is 11.3 Å². The highest BCUT2D eigenvalue weighted by molar-refractivity contribution is 7.21. The average molecular weight is 421 g/mol. The molecule has 1 aliphatic heterocycles. The largest absolute Gasteiger partial charge is 0.737 e. The number of aliphatic imine (C=N–C) groups is 1. The lowest BCUT2D eigenvalue weighted by Crippen LogP contribution is -2.62. The Morgan fingerprint density at radius 3 is 2.30 bits per heavy atom. The summed E-state index contributed by atoms with van der Waals surface area (Å²) in [5, 5.41) is 0.234. The summed E-state index contributed by atoms with van der Waals surface area (Å²) in [5.74, 6) is -0.0554. The molecular weight excluding hydrogens is 403 g/mol. The number of rotatable bonds is 3. The highest BCUT2D eigenvalue weighted by Crippen LogP contribution is 2.35. The van der Waals surface area contributed by atoms with E-state index >= 15 is 8.63 Å². The fourth-order valence-electron chi connectivity index (χ4n) is 3.56. The van der Waals surface area contributed by atoms with Gasteiger partial charge in [0.05, 0.1) is 10.3 Å². The quantitative estimate of drug-likeness (QED) is 0.423. The molecule has 5 rings (SSSR count). The van der Waals surface area contributed by atoms with Gasteiger partial charge in [-0.1, -0.05) is 36.4 Å². The molecule has 0 N–H and O–H groups in total. The van der Waals surface area contributed by atoms with Crippen LogP contribution in [0.2, 0.25) is 0 Å². The summed E-state index contributed by atoms with van der Waals surface area (Å²) >= 11 is 1.24. The van der Waals surface area contributed by atoms with Gasteiger partial charge in [-0.15, -0.1) is 0 Å². The number of fused-ring (bicyclic) bond motifs is 3. The van der Waals surface area contributed by atoms with Gasteiger partial charge >= 0.3 is 12.2 Å². The minimum atomic E-state index is -4.29. The molecule has 30 heavy (non-hydrogen) atoms. The smallest absolute Gasteiger partial charge is 0.590 e. The van der Waals surface area contributed by atoms with Gasteiger partial charge in [0.15, 0.2) is 0 Å². The molecule has 1 aliphatic rings. The van der Waals surface area contributed by atoms with E-state index in [4.69, 9.17) is 4.65 Å². The van der Waals surface area contributed by atoms with Crippen molar-refractivity contribution in [2.24, 2.45) is 4.99 Å². The summed E-state index contributed by atoms with van der Waals surface area (Å²) in [7, 11) is -0.445. The van der Waals surface area contributed by atoms with Crippen molar-refractivity contribution >= 4 is 45.3 Å². The molecule has 1 aromatic heterocycles. The fourth-order valence-corrected chi connectivity index (χ4v) is 4.66. The molecule has 0 unspecified atom stereocenters. The van der Waals surface area contributed by atoms with Gasteiger partial charge in [-0.2, -0.15) is 0 Å². The number of benzene rings is 3. The minimum absolute atomic E-state index is 0.0554. The first-order chi connectivity index (χ1) is 14.4. The molecule has 0 amide bonds. The van der Waals surface area contributed by atoms with E-state index in [2.05, 4.69) is 4.99 Å². The van der Waals surface area contributed by atoms with E-state index in [9.17, 15) is 0 Å². The first-order valence-electron chi connectivity index (χ1n) is 9.53. The van der Waals surface area contributed by atoms with E-state index in [1.807, 2.05) is 73.6 Å². The van der Waals surface area contributed by atoms with E-state index < -0.39 is 7.04 Å². The Labute approximate surface area is 176 Å². The summed E-state index contributed by atoms with van der Waals surface area (Å²) in [6.07, 6.45) is 0. The third-order valence-corrected chi connectivity index (χ3v) is 6.13. The molecule has 0 atom stereocenters. The molecule has 4 nitrogen and oxygen atoms in total.